The maximum atomic E-state index is 3.95. The number of hydrogen-bond donors (Lipinski definition) is 0. The van der Waals surface area contributed by atoms with Gasteiger partial charge in [-0.2, -0.15) is 0 Å². The normalized spacial score (nSPS) is 10.3. The van der Waals surface area contributed by atoms with Crippen LogP contribution in [0.25, 0.3) is 11.3 Å². The summed E-state index contributed by atoms with van der Waals surface area (Å²) in [5, 5.41) is 11.2. The summed E-state index contributed by atoms with van der Waals surface area (Å²) in [4.78, 5) is 0. The molecule has 0 saturated carbocycles. The molecule has 3 nitrogen and oxygen atoms in total. The molecule has 76 valence electrons. The van der Waals surface area contributed by atoms with Crippen molar-refractivity contribution in [2.75, 3.05) is 0 Å². The molecule has 1 heterocycles. The van der Waals surface area contributed by atoms with Gasteiger partial charge in [-0.3, -0.25) is 0 Å². The summed E-state index contributed by atoms with van der Waals surface area (Å²) >= 11 is 10.4. The van der Waals surface area contributed by atoms with Crippen LogP contribution in [0.3, 0.4) is 0 Å². The van der Waals surface area contributed by atoms with E-state index < -0.39 is 0 Å². The van der Waals surface area contributed by atoms with Gasteiger partial charge in [-0.15, -0.1) is 10.2 Å². The van der Waals surface area contributed by atoms with Crippen LogP contribution in [0.1, 0.15) is 0 Å². The minimum atomic E-state index is 0.782. The highest BCUT2D eigenvalue weighted by Crippen LogP contribution is 2.37. The first-order valence-electron chi connectivity index (χ1n) is 3.98. The van der Waals surface area contributed by atoms with Crippen LogP contribution in [0, 0.1) is 0 Å². The van der Waals surface area contributed by atoms with Crippen molar-refractivity contribution in [3.63, 3.8) is 0 Å². The van der Waals surface area contributed by atoms with E-state index >= 15 is 0 Å². The quantitative estimate of drug-likeness (QED) is 0.691. The lowest BCUT2D eigenvalue weighted by Gasteiger charge is -2.05. The minimum absolute atomic E-state index is 0.782. The first kappa shape index (κ1) is 11.2. The Morgan fingerprint density at radius 1 is 0.933 bits per heavy atom. The van der Waals surface area contributed by atoms with Gasteiger partial charge in [0, 0.05) is 19.0 Å². The molecule has 0 fully saturated rings. The summed E-state index contributed by atoms with van der Waals surface area (Å²) in [7, 11) is 0. The molecule has 0 amide bonds. The molecule has 0 bridgehead atoms. The van der Waals surface area contributed by atoms with Crippen LogP contribution in [0.4, 0.5) is 0 Å². The third-order valence-corrected chi connectivity index (χ3v) is 5.19. The number of rotatable bonds is 1. The molecule has 0 unspecified atom stereocenters. The summed E-state index contributed by atoms with van der Waals surface area (Å²) in [6, 6.07) is 5.72. The van der Waals surface area contributed by atoms with Gasteiger partial charge in [0.2, 0.25) is 0 Å². The molecule has 0 saturated heterocycles. The van der Waals surface area contributed by atoms with E-state index in [0.717, 1.165) is 24.7 Å². The number of halogens is 3. The van der Waals surface area contributed by atoms with Gasteiger partial charge >= 0.3 is 0 Å². The molecule has 0 aliphatic heterocycles. The van der Waals surface area contributed by atoms with Crippen LogP contribution >= 0.6 is 47.8 Å². The van der Waals surface area contributed by atoms with Crippen molar-refractivity contribution in [1.29, 1.82) is 0 Å². The molecule has 0 atom stereocenters. The fourth-order valence-corrected chi connectivity index (χ4v) is 2.60. The smallest absolute Gasteiger partial charge is 0.0975 e. The second-order valence-electron chi connectivity index (χ2n) is 2.73. The Kier molecular flexibility index (Phi) is 3.48. The van der Waals surface area contributed by atoms with E-state index in [-0.39, 0.29) is 0 Å². The molecule has 1 aromatic heterocycles. The fourth-order valence-electron chi connectivity index (χ4n) is 1.11. The molecule has 0 aliphatic rings. The Labute approximate surface area is 112 Å². The third kappa shape index (κ3) is 2.26. The molecular formula is C9H4Br3N3. The minimum Gasteiger partial charge on any atom is -0.139 e. The van der Waals surface area contributed by atoms with Crippen molar-refractivity contribution in [2.45, 2.75) is 0 Å². The van der Waals surface area contributed by atoms with Crippen LogP contribution in [0.5, 0.6) is 0 Å². The molecule has 15 heavy (non-hydrogen) atoms. The van der Waals surface area contributed by atoms with Gasteiger partial charge in [-0.05, 0) is 65.1 Å². The Bertz CT molecular complexity index is 487. The van der Waals surface area contributed by atoms with Crippen molar-refractivity contribution in [2.24, 2.45) is 0 Å². The predicted molar refractivity (Wildman–Crippen MR) is 68.4 cm³/mol. The van der Waals surface area contributed by atoms with Gasteiger partial charge in [0.1, 0.15) is 0 Å². The van der Waals surface area contributed by atoms with E-state index in [4.69, 9.17) is 0 Å². The van der Waals surface area contributed by atoms with Crippen LogP contribution < -0.4 is 0 Å². The van der Waals surface area contributed by atoms with Crippen LogP contribution in [-0.4, -0.2) is 15.4 Å². The summed E-state index contributed by atoms with van der Waals surface area (Å²) in [6.07, 6.45) is 1.62. The lowest BCUT2D eigenvalue weighted by Crippen LogP contribution is -1.90. The molecule has 0 aliphatic carbocycles. The van der Waals surface area contributed by atoms with Crippen molar-refractivity contribution in [1.82, 2.24) is 15.4 Å². The summed E-state index contributed by atoms with van der Waals surface area (Å²) in [6.45, 7) is 0. The van der Waals surface area contributed by atoms with E-state index in [1.807, 2.05) is 18.2 Å². The molecule has 2 rings (SSSR count). The number of benzene rings is 1. The Morgan fingerprint density at radius 3 is 2.40 bits per heavy atom. The highest BCUT2D eigenvalue weighted by atomic mass is 79.9. The van der Waals surface area contributed by atoms with E-state index in [0.29, 0.717) is 0 Å². The van der Waals surface area contributed by atoms with Gasteiger partial charge in [-0.25, -0.2) is 0 Å². The van der Waals surface area contributed by atoms with Gasteiger partial charge in [0.25, 0.3) is 0 Å². The average molecular weight is 394 g/mol. The lowest BCUT2D eigenvalue weighted by atomic mass is 10.1. The van der Waals surface area contributed by atoms with Crippen molar-refractivity contribution in [3.05, 3.63) is 37.8 Å². The average Bonchev–Trinajstić information content (AvgIpc) is 2.27. The number of hydrogen-bond acceptors (Lipinski definition) is 3. The molecule has 6 heteroatoms. The van der Waals surface area contributed by atoms with Crippen molar-refractivity contribution >= 4 is 47.8 Å². The maximum Gasteiger partial charge on any atom is 0.0975 e. The third-order valence-electron chi connectivity index (χ3n) is 1.81. The van der Waals surface area contributed by atoms with Crippen molar-refractivity contribution < 1.29 is 0 Å². The summed E-state index contributed by atoms with van der Waals surface area (Å²) < 4.78 is 2.89. The van der Waals surface area contributed by atoms with Crippen LogP contribution in [0.2, 0.25) is 0 Å². The van der Waals surface area contributed by atoms with Crippen LogP contribution in [0.15, 0.2) is 37.8 Å². The molecule has 0 N–H and O–H groups in total. The zero-order valence-electron chi connectivity index (χ0n) is 7.28. The van der Waals surface area contributed by atoms with E-state index in [9.17, 15) is 0 Å². The Morgan fingerprint density at radius 2 is 1.73 bits per heavy atom. The Hall–Kier alpha value is -0.330. The van der Waals surface area contributed by atoms with E-state index in [1.165, 1.54) is 0 Å². The number of nitrogens with zero attached hydrogens (tertiary/aromatic N) is 3. The number of aromatic nitrogens is 3. The highest BCUT2D eigenvalue weighted by Gasteiger charge is 2.10. The predicted octanol–water partition coefficient (Wildman–Crippen LogP) is 3.83. The first-order chi connectivity index (χ1) is 7.20. The first-order valence-corrected chi connectivity index (χ1v) is 6.36. The van der Waals surface area contributed by atoms with Crippen molar-refractivity contribution in [3.8, 4) is 11.3 Å². The second-order valence-corrected chi connectivity index (χ2v) is 5.17. The second kappa shape index (κ2) is 4.67. The monoisotopic (exact) mass is 391 g/mol. The SMILES string of the molecule is Brc1ccc(-c2ccnnn2)c(Br)c1Br. The van der Waals surface area contributed by atoms with Gasteiger partial charge in [0.15, 0.2) is 0 Å². The topological polar surface area (TPSA) is 38.7 Å². The summed E-state index contributed by atoms with van der Waals surface area (Å²) in [5.74, 6) is 0. The van der Waals surface area contributed by atoms with E-state index in [2.05, 4.69) is 63.2 Å². The standard InChI is InChI=1S/C9H4Br3N3/c10-6-2-1-5(8(11)9(6)12)7-3-4-13-15-14-7/h1-4H. The highest BCUT2D eigenvalue weighted by molar-refractivity contribution is 9.14. The molecule has 1 aromatic carbocycles. The zero-order chi connectivity index (χ0) is 10.8. The van der Waals surface area contributed by atoms with E-state index in [1.54, 1.807) is 6.20 Å². The van der Waals surface area contributed by atoms with Gasteiger partial charge < -0.3 is 0 Å². The molecule has 0 radical (unpaired) electrons. The lowest BCUT2D eigenvalue weighted by molar-refractivity contribution is 0.870. The fraction of sp³-hybridized carbons (Fsp3) is 0. The summed E-state index contributed by atoms with van der Waals surface area (Å²) in [5.41, 5.74) is 1.75. The maximum absolute atomic E-state index is 3.95. The van der Waals surface area contributed by atoms with Gasteiger partial charge in [-0.1, -0.05) is 6.07 Å². The van der Waals surface area contributed by atoms with Gasteiger partial charge in [0.05, 0.1) is 11.9 Å². The van der Waals surface area contributed by atoms with Crippen LogP contribution in [-0.2, 0) is 0 Å². The largest absolute Gasteiger partial charge is 0.139 e. The molecule has 0 spiro atoms. The zero-order valence-corrected chi connectivity index (χ0v) is 12.0. The molecular weight excluding hydrogens is 390 g/mol. The Balaban J connectivity index is 2.60. The molecule has 2 aromatic rings.